The van der Waals surface area contributed by atoms with E-state index in [1.54, 1.807) is 6.07 Å². The van der Waals surface area contributed by atoms with Gasteiger partial charge >= 0.3 is 5.63 Å². The molecule has 0 aliphatic rings. The first-order valence-corrected chi connectivity index (χ1v) is 6.75. The van der Waals surface area contributed by atoms with Crippen LogP contribution in [-0.2, 0) is 6.42 Å². The monoisotopic (exact) mass is 276 g/mol. The van der Waals surface area contributed by atoms with Gasteiger partial charge in [0.25, 0.3) is 0 Å². The zero-order valence-corrected chi connectivity index (χ0v) is 11.2. The van der Waals surface area contributed by atoms with E-state index >= 15 is 0 Å². The molecule has 102 valence electrons. The molecule has 0 amide bonds. The number of aromatic amines is 1. The highest BCUT2D eigenvalue weighted by molar-refractivity contribution is 5.80. The van der Waals surface area contributed by atoms with Crippen LogP contribution in [0.15, 0.2) is 63.8 Å². The number of hydrogen-bond donors (Lipinski definition) is 1. The molecule has 0 spiro atoms. The summed E-state index contributed by atoms with van der Waals surface area (Å²) >= 11 is 0. The van der Waals surface area contributed by atoms with Crippen molar-refractivity contribution in [3.05, 3.63) is 76.4 Å². The molecule has 0 aliphatic carbocycles. The zero-order chi connectivity index (χ0) is 14.2. The number of para-hydroxylation sites is 3. The van der Waals surface area contributed by atoms with E-state index in [0.717, 1.165) is 27.8 Å². The topological polar surface area (TPSA) is 58.9 Å². The van der Waals surface area contributed by atoms with Gasteiger partial charge in [-0.25, -0.2) is 9.78 Å². The summed E-state index contributed by atoms with van der Waals surface area (Å²) in [6.07, 6.45) is 0.570. The maximum absolute atomic E-state index is 11.7. The molecule has 4 heteroatoms. The Balaban J connectivity index is 1.85. The van der Waals surface area contributed by atoms with Gasteiger partial charge in [-0.1, -0.05) is 30.3 Å². The number of H-pyrrole nitrogens is 1. The minimum absolute atomic E-state index is 0.334. The van der Waals surface area contributed by atoms with E-state index < -0.39 is 0 Å². The highest BCUT2D eigenvalue weighted by atomic mass is 16.4. The van der Waals surface area contributed by atoms with Crippen LogP contribution in [0.3, 0.4) is 0 Å². The predicted octanol–water partition coefficient (Wildman–Crippen LogP) is 3.26. The number of aromatic nitrogens is 2. The summed E-state index contributed by atoms with van der Waals surface area (Å²) in [7, 11) is 0. The van der Waals surface area contributed by atoms with Gasteiger partial charge < -0.3 is 9.40 Å². The summed E-state index contributed by atoms with van der Waals surface area (Å²) in [5.74, 6) is 0.840. The van der Waals surface area contributed by atoms with Crippen molar-refractivity contribution in [2.45, 2.75) is 6.42 Å². The minimum Gasteiger partial charge on any atom is -0.423 e. The van der Waals surface area contributed by atoms with E-state index in [1.807, 2.05) is 42.5 Å². The van der Waals surface area contributed by atoms with Crippen LogP contribution in [-0.4, -0.2) is 9.97 Å². The number of benzene rings is 2. The van der Waals surface area contributed by atoms with Crippen LogP contribution in [0.1, 0.15) is 11.4 Å². The summed E-state index contributed by atoms with van der Waals surface area (Å²) in [5, 5.41) is 0.942. The molecule has 2 heterocycles. The minimum atomic E-state index is -0.334. The molecular formula is C17H12N2O2. The molecule has 0 aliphatic heterocycles. The largest absolute Gasteiger partial charge is 0.423 e. The molecule has 0 atom stereocenters. The standard InChI is InChI=1S/C17H12N2O2/c20-17-10-11(12-5-1-4-8-15(12)21-17)9-16-18-13-6-2-3-7-14(13)19-16/h1-8,10H,9H2,(H,18,19). The van der Waals surface area contributed by atoms with Gasteiger partial charge in [-0.3, -0.25) is 0 Å². The highest BCUT2D eigenvalue weighted by Gasteiger charge is 2.08. The van der Waals surface area contributed by atoms with Gasteiger partial charge in [0.15, 0.2) is 0 Å². The first-order chi connectivity index (χ1) is 10.3. The highest BCUT2D eigenvalue weighted by Crippen LogP contribution is 2.20. The maximum Gasteiger partial charge on any atom is 0.336 e. The van der Waals surface area contributed by atoms with Gasteiger partial charge in [-0.2, -0.15) is 0 Å². The van der Waals surface area contributed by atoms with Crippen LogP contribution in [0, 0.1) is 0 Å². The van der Waals surface area contributed by atoms with Crippen molar-refractivity contribution in [2.24, 2.45) is 0 Å². The number of nitrogens with one attached hydrogen (secondary N) is 1. The van der Waals surface area contributed by atoms with Gasteiger partial charge in [-0.15, -0.1) is 0 Å². The zero-order valence-electron chi connectivity index (χ0n) is 11.2. The molecule has 0 unspecified atom stereocenters. The van der Waals surface area contributed by atoms with Gasteiger partial charge in [0.05, 0.1) is 11.0 Å². The lowest BCUT2D eigenvalue weighted by molar-refractivity contribution is 0.559. The number of imidazole rings is 1. The molecular weight excluding hydrogens is 264 g/mol. The first-order valence-electron chi connectivity index (χ1n) is 6.75. The van der Waals surface area contributed by atoms with Crippen molar-refractivity contribution < 1.29 is 4.42 Å². The molecule has 4 aromatic rings. The summed E-state index contributed by atoms with van der Waals surface area (Å²) in [6, 6.07) is 17.0. The van der Waals surface area contributed by atoms with E-state index in [2.05, 4.69) is 9.97 Å². The van der Waals surface area contributed by atoms with Crippen molar-refractivity contribution in [1.29, 1.82) is 0 Å². The van der Waals surface area contributed by atoms with Crippen LogP contribution < -0.4 is 5.63 Å². The summed E-state index contributed by atoms with van der Waals surface area (Å²) < 4.78 is 5.21. The fourth-order valence-corrected chi connectivity index (χ4v) is 2.59. The van der Waals surface area contributed by atoms with Crippen LogP contribution in [0.25, 0.3) is 22.0 Å². The van der Waals surface area contributed by atoms with Crippen molar-refractivity contribution in [1.82, 2.24) is 9.97 Å². The molecule has 0 radical (unpaired) electrons. The molecule has 2 aromatic carbocycles. The number of rotatable bonds is 2. The fourth-order valence-electron chi connectivity index (χ4n) is 2.59. The molecule has 1 N–H and O–H groups in total. The summed E-state index contributed by atoms with van der Waals surface area (Å²) in [5.41, 5.74) is 3.12. The smallest absolute Gasteiger partial charge is 0.336 e. The Morgan fingerprint density at radius 3 is 2.76 bits per heavy atom. The van der Waals surface area contributed by atoms with Crippen LogP contribution in [0.2, 0.25) is 0 Å². The third-order valence-electron chi connectivity index (χ3n) is 3.53. The van der Waals surface area contributed by atoms with Gasteiger partial charge in [0.2, 0.25) is 0 Å². The Labute approximate surface area is 120 Å². The Hall–Kier alpha value is -2.88. The first kappa shape index (κ1) is 11.9. The van der Waals surface area contributed by atoms with Crippen LogP contribution in [0.4, 0.5) is 0 Å². The summed E-state index contributed by atoms with van der Waals surface area (Å²) in [4.78, 5) is 19.5. The molecule has 0 fully saturated rings. The van der Waals surface area contributed by atoms with Crippen molar-refractivity contribution in [2.75, 3.05) is 0 Å². The van der Waals surface area contributed by atoms with E-state index in [9.17, 15) is 4.79 Å². The molecule has 0 saturated heterocycles. The quantitative estimate of drug-likeness (QED) is 0.572. The Morgan fingerprint density at radius 2 is 1.86 bits per heavy atom. The molecule has 0 bridgehead atoms. The fraction of sp³-hybridized carbons (Fsp3) is 0.0588. The third-order valence-corrected chi connectivity index (χ3v) is 3.53. The van der Waals surface area contributed by atoms with Crippen LogP contribution in [0.5, 0.6) is 0 Å². The lowest BCUT2D eigenvalue weighted by Gasteiger charge is -2.03. The second-order valence-electron chi connectivity index (χ2n) is 4.96. The average molecular weight is 276 g/mol. The average Bonchev–Trinajstić information content (AvgIpc) is 2.89. The number of fused-ring (bicyclic) bond motifs is 2. The Bertz CT molecular complexity index is 965. The maximum atomic E-state index is 11.7. The lowest BCUT2D eigenvalue weighted by atomic mass is 10.1. The molecule has 4 rings (SSSR count). The second kappa shape index (κ2) is 4.59. The molecule has 2 aromatic heterocycles. The number of hydrogen-bond acceptors (Lipinski definition) is 3. The van der Waals surface area contributed by atoms with Crippen molar-refractivity contribution >= 4 is 22.0 Å². The lowest BCUT2D eigenvalue weighted by Crippen LogP contribution is -2.02. The van der Waals surface area contributed by atoms with Crippen LogP contribution >= 0.6 is 0 Å². The van der Waals surface area contributed by atoms with Crippen molar-refractivity contribution in [3.63, 3.8) is 0 Å². The van der Waals surface area contributed by atoms with Gasteiger partial charge in [0, 0.05) is 17.9 Å². The van der Waals surface area contributed by atoms with E-state index in [-0.39, 0.29) is 5.63 Å². The van der Waals surface area contributed by atoms with Gasteiger partial charge in [0.1, 0.15) is 11.4 Å². The van der Waals surface area contributed by atoms with E-state index in [0.29, 0.717) is 12.0 Å². The SMILES string of the molecule is O=c1cc(Cc2nc3ccccc3[nH]2)c2ccccc2o1. The van der Waals surface area contributed by atoms with E-state index in [1.165, 1.54) is 6.07 Å². The van der Waals surface area contributed by atoms with E-state index in [4.69, 9.17) is 4.42 Å². The van der Waals surface area contributed by atoms with Crippen molar-refractivity contribution in [3.8, 4) is 0 Å². The normalized spacial score (nSPS) is 11.2. The van der Waals surface area contributed by atoms with Gasteiger partial charge in [-0.05, 0) is 23.8 Å². The molecule has 4 nitrogen and oxygen atoms in total. The Morgan fingerprint density at radius 1 is 1.05 bits per heavy atom. The molecule has 21 heavy (non-hydrogen) atoms. The summed E-state index contributed by atoms with van der Waals surface area (Å²) in [6.45, 7) is 0. The number of nitrogens with zero attached hydrogens (tertiary/aromatic N) is 1. The molecule has 0 saturated carbocycles. The second-order valence-corrected chi connectivity index (χ2v) is 4.96. The Kier molecular flexibility index (Phi) is 2.60. The predicted molar refractivity (Wildman–Crippen MR) is 81.4 cm³/mol. The third kappa shape index (κ3) is 2.10.